The van der Waals surface area contributed by atoms with Crippen molar-refractivity contribution in [2.24, 2.45) is 0 Å². The van der Waals surface area contributed by atoms with Gasteiger partial charge in [0.05, 0.1) is 12.0 Å². The summed E-state index contributed by atoms with van der Waals surface area (Å²) < 4.78 is 38.3. The number of hydrogen-bond donors (Lipinski definition) is 0. The fraction of sp³-hybridized carbons (Fsp3) is 0.818. The summed E-state index contributed by atoms with van der Waals surface area (Å²) in [5.41, 5.74) is 0. The van der Waals surface area contributed by atoms with Gasteiger partial charge in [-0.15, -0.1) is 0 Å². The van der Waals surface area contributed by atoms with Crippen molar-refractivity contribution in [2.75, 3.05) is 13.6 Å². The fourth-order valence-electron chi connectivity index (χ4n) is 1.37. The van der Waals surface area contributed by atoms with Crippen LogP contribution in [0.3, 0.4) is 0 Å². The minimum Gasteiger partial charge on any atom is -0.364 e. The first kappa shape index (κ1) is 17.0. The van der Waals surface area contributed by atoms with Crippen molar-refractivity contribution in [3.8, 4) is 6.07 Å². The van der Waals surface area contributed by atoms with E-state index in [1.807, 2.05) is 13.8 Å². The number of amides is 1. The summed E-state index contributed by atoms with van der Waals surface area (Å²) in [6.07, 6.45) is -4.82. The molecular weight excluding hydrogens is 261 g/mol. The van der Waals surface area contributed by atoms with Crippen LogP contribution < -0.4 is 0 Å². The summed E-state index contributed by atoms with van der Waals surface area (Å²) in [6, 6.07) is 2.62. The Kier molecular flexibility index (Phi) is 5.00. The third-order valence-corrected chi connectivity index (χ3v) is 9.03. The summed E-state index contributed by atoms with van der Waals surface area (Å²) in [4.78, 5) is 15.3. The van der Waals surface area contributed by atoms with Crippen molar-refractivity contribution < 1.29 is 18.0 Å². The van der Waals surface area contributed by atoms with Crippen LogP contribution in [0.5, 0.6) is 0 Å². The first-order valence-corrected chi connectivity index (χ1v) is 8.51. The first-order chi connectivity index (χ1) is 7.88. The molecule has 1 amide bonds. The molecule has 0 atom stereocenters. The molecule has 0 saturated carbocycles. The lowest BCUT2D eigenvalue weighted by atomic mass is 10.2. The van der Waals surface area contributed by atoms with E-state index in [2.05, 4.69) is 10.9 Å². The molecule has 0 aliphatic heterocycles. The van der Waals surface area contributed by atoms with Gasteiger partial charge in [-0.1, -0.05) is 31.8 Å². The van der Waals surface area contributed by atoms with Gasteiger partial charge in [0, 0.05) is 7.05 Å². The maximum atomic E-state index is 12.5. The maximum absolute atomic E-state index is 12.5. The molecule has 104 valence electrons. The lowest BCUT2D eigenvalue weighted by Crippen LogP contribution is -2.59. The Labute approximate surface area is 107 Å². The number of rotatable bonds is 3. The molecule has 0 fully saturated rings. The number of alkyl halides is 3. The van der Waals surface area contributed by atoms with Gasteiger partial charge in [0.25, 0.3) is 12.6 Å². The zero-order valence-corrected chi connectivity index (χ0v) is 12.6. The van der Waals surface area contributed by atoms with Crippen LogP contribution >= 0.6 is 0 Å². The van der Waals surface area contributed by atoms with Crippen LogP contribution in [0.4, 0.5) is 13.2 Å². The third-order valence-electron chi connectivity index (χ3n) is 3.67. The van der Waals surface area contributed by atoms with E-state index in [9.17, 15) is 18.0 Å². The minimum absolute atomic E-state index is 0.359. The molecule has 0 bridgehead atoms. The maximum Gasteiger partial charge on any atom is 0.470 e. The van der Waals surface area contributed by atoms with Crippen molar-refractivity contribution >= 4 is 14.1 Å². The second kappa shape index (κ2) is 5.30. The molecule has 0 spiro atoms. The largest absolute Gasteiger partial charge is 0.470 e. The summed E-state index contributed by atoms with van der Waals surface area (Å²) >= 11 is 0. The zero-order valence-electron chi connectivity index (χ0n) is 11.6. The van der Waals surface area contributed by atoms with Crippen molar-refractivity contribution in [1.82, 2.24) is 4.57 Å². The van der Waals surface area contributed by atoms with E-state index < -0.39 is 25.4 Å². The van der Waals surface area contributed by atoms with Gasteiger partial charge < -0.3 is 4.57 Å². The van der Waals surface area contributed by atoms with Crippen LogP contribution in [0.1, 0.15) is 20.8 Å². The molecule has 3 nitrogen and oxygen atoms in total. The lowest BCUT2D eigenvalue weighted by molar-refractivity contribution is -0.180. The monoisotopic (exact) mass is 281 g/mol. The second-order valence-corrected chi connectivity index (χ2v) is 10.5. The van der Waals surface area contributed by atoms with Crippen LogP contribution in [0.15, 0.2) is 0 Å². The number of halogens is 3. The van der Waals surface area contributed by atoms with Gasteiger partial charge in [0.2, 0.25) is 0 Å². The molecule has 0 aliphatic carbocycles. The Morgan fingerprint density at radius 2 is 1.78 bits per heavy atom. The van der Waals surface area contributed by atoms with E-state index in [1.165, 1.54) is 7.05 Å². The molecule has 0 aromatic heterocycles. The molecule has 0 radical (unpaired) electrons. The summed E-state index contributed by atoms with van der Waals surface area (Å²) in [6.45, 7) is 9.14. The van der Waals surface area contributed by atoms with Gasteiger partial charge in [-0.25, -0.2) is 0 Å². The van der Waals surface area contributed by atoms with Crippen molar-refractivity contribution in [1.29, 1.82) is 0 Å². The number of nitrogens with zero attached hydrogens (tertiary/aromatic N) is 2. The molecule has 18 heavy (non-hydrogen) atoms. The molecule has 0 heterocycles. The Morgan fingerprint density at radius 1 is 1.33 bits per heavy atom. The Bertz CT molecular complexity index is 380. The number of carbonyl (C=O) groups excluding carboxylic acids is 1. The van der Waals surface area contributed by atoms with Crippen LogP contribution in [-0.2, 0) is 4.79 Å². The lowest BCUT2D eigenvalue weighted by Gasteiger charge is -2.42. The molecule has 0 rings (SSSR count). The average Bonchev–Trinajstić information content (AvgIpc) is 2.22. The van der Waals surface area contributed by atoms with Gasteiger partial charge in [-0.05, 0) is 0 Å². The number of hydrogen-bond acceptors (Lipinski definition) is 1. The highest BCUT2D eigenvalue weighted by Gasteiger charge is 2.53. The molecular formula is C11H20F3N2OSi+. The molecule has 7 heteroatoms. The quantitative estimate of drug-likeness (QED) is 0.728. The Hall–Kier alpha value is -1.03. The SMILES string of the molecule is CC#[N+]CC(C)(C)[Si](C)(C)N(C)C(=O)C(F)(F)F. The molecule has 0 unspecified atom stereocenters. The van der Waals surface area contributed by atoms with E-state index in [0.29, 0.717) is 6.54 Å². The average molecular weight is 281 g/mol. The second-order valence-electron chi connectivity index (χ2n) is 5.34. The molecule has 0 aliphatic rings. The van der Waals surface area contributed by atoms with E-state index in [4.69, 9.17) is 0 Å². The molecule has 0 N–H and O–H groups in total. The van der Waals surface area contributed by atoms with Crippen LogP contribution in [0.2, 0.25) is 18.1 Å². The summed E-state index contributed by atoms with van der Waals surface area (Å²) in [7, 11) is -1.39. The topological polar surface area (TPSA) is 24.7 Å². The normalized spacial score (nSPS) is 12.7. The number of carbonyl (C=O) groups is 1. The molecule has 0 aromatic rings. The van der Waals surface area contributed by atoms with E-state index in [-0.39, 0.29) is 0 Å². The summed E-state index contributed by atoms with van der Waals surface area (Å²) in [5, 5.41) is -0.467. The van der Waals surface area contributed by atoms with Gasteiger partial charge >= 0.3 is 12.1 Å². The van der Waals surface area contributed by atoms with E-state index in [1.54, 1.807) is 20.0 Å². The highest BCUT2D eigenvalue weighted by atomic mass is 28.3. The molecule has 0 saturated heterocycles. The van der Waals surface area contributed by atoms with Crippen LogP contribution in [0, 0.1) is 6.07 Å². The standard InChI is InChI=1S/C11H20F3N2OSi/c1-7-15-8-10(2,3)18(5,6)16(4)9(17)11(12,13)14/h8H2,1-6H3/q+1. The van der Waals surface area contributed by atoms with Gasteiger partial charge in [-0.2, -0.15) is 13.2 Å². The highest BCUT2D eigenvalue weighted by molar-refractivity contribution is 6.79. The predicted molar refractivity (Wildman–Crippen MR) is 68.1 cm³/mol. The Balaban J connectivity index is 5.23. The third kappa shape index (κ3) is 3.48. The van der Waals surface area contributed by atoms with E-state index in [0.717, 1.165) is 4.57 Å². The van der Waals surface area contributed by atoms with Crippen molar-refractivity contribution in [3.63, 3.8) is 0 Å². The highest BCUT2D eigenvalue weighted by Crippen LogP contribution is 2.40. The van der Waals surface area contributed by atoms with Crippen LogP contribution in [-0.4, -0.2) is 38.5 Å². The van der Waals surface area contributed by atoms with Gasteiger partial charge in [0.15, 0.2) is 8.24 Å². The van der Waals surface area contributed by atoms with Crippen molar-refractivity contribution in [3.05, 3.63) is 4.85 Å². The van der Waals surface area contributed by atoms with Crippen molar-refractivity contribution in [2.45, 2.75) is 45.1 Å². The van der Waals surface area contributed by atoms with Crippen LogP contribution in [0.25, 0.3) is 4.85 Å². The Morgan fingerprint density at radius 3 is 2.11 bits per heavy atom. The predicted octanol–water partition coefficient (Wildman–Crippen LogP) is 3.35. The smallest absolute Gasteiger partial charge is 0.364 e. The summed E-state index contributed by atoms with van der Waals surface area (Å²) in [5.74, 6) is -1.78. The minimum atomic E-state index is -4.82. The van der Waals surface area contributed by atoms with Gasteiger partial charge in [-0.3, -0.25) is 4.79 Å². The van der Waals surface area contributed by atoms with Gasteiger partial charge in [0.1, 0.15) is 0 Å². The fourth-order valence-corrected chi connectivity index (χ4v) is 3.38. The molecule has 0 aromatic carbocycles. The van der Waals surface area contributed by atoms with E-state index >= 15 is 0 Å². The first-order valence-electron chi connectivity index (χ1n) is 5.56. The zero-order chi connectivity index (χ0) is 14.8.